The van der Waals surface area contributed by atoms with Crippen LogP contribution in [0.3, 0.4) is 0 Å². The minimum Gasteiger partial charge on any atom is -0.383 e. The second kappa shape index (κ2) is 9.19. The van der Waals surface area contributed by atoms with Crippen molar-refractivity contribution in [3.05, 3.63) is 35.4 Å². The molecule has 3 heteroatoms. The molecule has 1 saturated heterocycles. The second-order valence-corrected chi connectivity index (χ2v) is 6.06. The predicted octanol–water partition coefficient (Wildman–Crippen LogP) is 2.96. The zero-order valence-electron chi connectivity index (χ0n) is 13.4. The van der Waals surface area contributed by atoms with Gasteiger partial charge in [-0.3, -0.25) is 0 Å². The zero-order chi connectivity index (χ0) is 14.9. The summed E-state index contributed by atoms with van der Waals surface area (Å²) in [5.74, 6) is 0.631. The zero-order valence-corrected chi connectivity index (χ0v) is 13.4. The minimum absolute atomic E-state index is 0.461. The predicted molar refractivity (Wildman–Crippen MR) is 86.7 cm³/mol. The van der Waals surface area contributed by atoms with Crippen molar-refractivity contribution in [1.82, 2.24) is 5.32 Å². The number of rotatable bonds is 9. The first kappa shape index (κ1) is 16.5. The molecule has 1 heterocycles. The van der Waals surface area contributed by atoms with Gasteiger partial charge in [-0.2, -0.15) is 0 Å². The summed E-state index contributed by atoms with van der Waals surface area (Å²) in [4.78, 5) is 0. The van der Waals surface area contributed by atoms with E-state index in [0.29, 0.717) is 12.0 Å². The topological polar surface area (TPSA) is 30.5 Å². The van der Waals surface area contributed by atoms with E-state index in [0.717, 1.165) is 39.1 Å². The van der Waals surface area contributed by atoms with Crippen molar-refractivity contribution in [3.63, 3.8) is 0 Å². The van der Waals surface area contributed by atoms with E-state index in [1.54, 1.807) is 7.11 Å². The highest BCUT2D eigenvalue weighted by Crippen LogP contribution is 2.23. The Hall–Kier alpha value is -0.900. The van der Waals surface area contributed by atoms with Crippen LogP contribution < -0.4 is 5.32 Å². The lowest BCUT2D eigenvalue weighted by molar-refractivity contribution is 0.0888. The van der Waals surface area contributed by atoms with Gasteiger partial charge in [0.05, 0.1) is 12.7 Å². The van der Waals surface area contributed by atoms with Gasteiger partial charge in [-0.25, -0.2) is 0 Å². The van der Waals surface area contributed by atoms with Crippen LogP contribution in [0.5, 0.6) is 0 Å². The molecule has 1 aromatic rings. The first-order chi connectivity index (χ1) is 10.3. The molecule has 2 unspecified atom stereocenters. The summed E-state index contributed by atoms with van der Waals surface area (Å²) < 4.78 is 10.9. The molecule has 0 spiro atoms. The molecule has 118 valence electrons. The van der Waals surface area contributed by atoms with Gasteiger partial charge in [0.25, 0.3) is 0 Å². The second-order valence-electron chi connectivity index (χ2n) is 6.06. The molecule has 3 nitrogen and oxygen atoms in total. The van der Waals surface area contributed by atoms with Crippen LogP contribution in [0.4, 0.5) is 0 Å². The Bertz CT molecular complexity index is 402. The lowest BCUT2D eigenvalue weighted by Gasteiger charge is -2.22. The molecule has 2 atom stereocenters. The average Bonchev–Trinajstić information content (AvgIpc) is 2.99. The first-order valence-electron chi connectivity index (χ1n) is 8.15. The molecule has 1 aromatic carbocycles. The van der Waals surface area contributed by atoms with Crippen LogP contribution in [0.2, 0.25) is 0 Å². The van der Waals surface area contributed by atoms with E-state index in [9.17, 15) is 0 Å². The maximum Gasteiger partial charge on any atom is 0.0587 e. The van der Waals surface area contributed by atoms with Crippen molar-refractivity contribution in [2.24, 2.45) is 5.92 Å². The van der Waals surface area contributed by atoms with E-state index < -0.39 is 0 Å². The van der Waals surface area contributed by atoms with Crippen molar-refractivity contribution in [1.29, 1.82) is 0 Å². The molecule has 0 amide bonds. The maximum absolute atomic E-state index is 5.83. The SMILES string of the molecule is COCCNCC(Cc1ccccc1C)CC1CCCO1. The largest absolute Gasteiger partial charge is 0.383 e. The van der Waals surface area contributed by atoms with Gasteiger partial charge in [0.1, 0.15) is 0 Å². The van der Waals surface area contributed by atoms with Gasteiger partial charge in [0.15, 0.2) is 0 Å². The number of methoxy groups -OCH3 is 1. The van der Waals surface area contributed by atoms with Crippen molar-refractivity contribution < 1.29 is 9.47 Å². The van der Waals surface area contributed by atoms with Crippen molar-refractivity contribution in [3.8, 4) is 0 Å². The van der Waals surface area contributed by atoms with E-state index in [1.807, 2.05) is 0 Å². The summed E-state index contributed by atoms with van der Waals surface area (Å²) in [6, 6.07) is 8.72. The molecular formula is C18H29NO2. The third-order valence-corrected chi connectivity index (χ3v) is 4.31. The molecular weight excluding hydrogens is 262 g/mol. The highest BCUT2D eigenvalue weighted by Gasteiger charge is 2.21. The molecule has 2 rings (SSSR count). The number of ether oxygens (including phenoxy) is 2. The molecule has 0 aromatic heterocycles. The first-order valence-corrected chi connectivity index (χ1v) is 8.15. The van der Waals surface area contributed by atoms with Gasteiger partial charge >= 0.3 is 0 Å². The van der Waals surface area contributed by atoms with E-state index >= 15 is 0 Å². The molecule has 1 fully saturated rings. The average molecular weight is 291 g/mol. The Morgan fingerprint density at radius 1 is 1.38 bits per heavy atom. The van der Waals surface area contributed by atoms with Crippen LogP contribution in [0.25, 0.3) is 0 Å². The van der Waals surface area contributed by atoms with Crippen LogP contribution >= 0.6 is 0 Å². The minimum atomic E-state index is 0.461. The number of benzene rings is 1. The molecule has 21 heavy (non-hydrogen) atoms. The van der Waals surface area contributed by atoms with Crippen LogP contribution in [0.15, 0.2) is 24.3 Å². The van der Waals surface area contributed by atoms with E-state index in [2.05, 4.69) is 36.5 Å². The van der Waals surface area contributed by atoms with Crippen LogP contribution in [0.1, 0.15) is 30.4 Å². The normalized spacial score (nSPS) is 19.8. The van der Waals surface area contributed by atoms with Gasteiger partial charge in [-0.15, -0.1) is 0 Å². The summed E-state index contributed by atoms with van der Waals surface area (Å²) in [6.07, 6.45) is 5.20. The van der Waals surface area contributed by atoms with Gasteiger partial charge < -0.3 is 14.8 Å². The van der Waals surface area contributed by atoms with Crippen molar-refractivity contribution in [2.45, 2.75) is 38.7 Å². The fraction of sp³-hybridized carbons (Fsp3) is 0.667. The third kappa shape index (κ3) is 5.77. The Labute approximate surface area is 129 Å². The van der Waals surface area contributed by atoms with Gasteiger partial charge in [-0.1, -0.05) is 24.3 Å². The molecule has 0 saturated carbocycles. The third-order valence-electron chi connectivity index (χ3n) is 4.31. The fourth-order valence-corrected chi connectivity index (χ4v) is 3.07. The smallest absolute Gasteiger partial charge is 0.0587 e. The number of nitrogens with one attached hydrogen (secondary N) is 1. The lowest BCUT2D eigenvalue weighted by atomic mass is 9.91. The maximum atomic E-state index is 5.83. The molecule has 1 N–H and O–H groups in total. The number of hydrogen-bond donors (Lipinski definition) is 1. The fourth-order valence-electron chi connectivity index (χ4n) is 3.07. The number of hydrogen-bond acceptors (Lipinski definition) is 3. The quantitative estimate of drug-likeness (QED) is 0.710. The number of aryl methyl sites for hydroxylation is 1. The Balaban J connectivity index is 1.88. The van der Waals surface area contributed by atoms with Gasteiger partial charge in [0, 0.05) is 20.3 Å². The van der Waals surface area contributed by atoms with E-state index in [-0.39, 0.29) is 0 Å². The Kier molecular flexibility index (Phi) is 7.20. The van der Waals surface area contributed by atoms with Crippen LogP contribution in [0, 0.1) is 12.8 Å². The lowest BCUT2D eigenvalue weighted by Crippen LogP contribution is -2.29. The van der Waals surface area contributed by atoms with Crippen LogP contribution in [-0.2, 0) is 15.9 Å². The van der Waals surface area contributed by atoms with Crippen molar-refractivity contribution >= 4 is 0 Å². The van der Waals surface area contributed by atoms with Gasteiger partial charge in [-0.05, 0) is 56.2 Å². The van der Waals surface area contributed by atoms with Gasteiger partial charge in [0.2, 0.25) is 0 Å². The highest BCUT2D eigenvalue weighted by atomic mass is 16.5. The van der Waals surface area contributed by atoms with Crippen LogP contribution in [-0.4, -0.2) is 39.5 Å². The Morgan fingerprint density at radius 2 is 2.24 bits per heavy atom. The van der Waals surface area contributed by atoms with Crippen molar-refractivity contribution in [2.75, 3.05) is 33.4 Å². The summed E-state index contributed by atoms with van der Waals surface area (Å²) >= 11 is 0. The molecule has 1 aliphatic rings. The summed E-state index contributed by atoms with van der Waals surface area (Å²) in [5.41, 5.74) is 2.86. The standard InChI is InChI=1S/C18H29NO2/c1-15-6-3-4-7-17(15)12-16(14-19-9-11-20-2)13-18-8-5-10-21-18/h3-4,6-7,16,18-19H,5,8-14H2,1-2H3. The molecule has 0 bridgehead atoms. The Morgan fingerprint density at radius 3 is 2.95 bits per heavy atom. The monoisotopic (exact) mass is 291 g/mol. The molecule has 1 aliphatic heterocycles. The van der Waals surface area contributed by atoms with E-state index in [4.69, 9.17) is 9.47 Å². The summed E-state index contributed by atoms with van der Waals surface area (Å²) in [5, 5.41) is 3.52. The highest BCUT2D eigenvalue weighted by molar-refractivity contribution is 5.26. The molecule has 0 radical (unpaired) electrons. The molecule has 0 aliphatic carbocycles. The summed E-state index contributed by atoms with van der Waals surface area (Å²) in [6.45, 7) is 5.89. The summed E-state index contributed by atoms with van der Waals surface area (Å²) in [7, 11) is 1.75. The van der Waals surface area contributed by atoms with E-state index in [1.165, 1.54) is 24.0 Å².